The molecule has 2 aromatic rings. The van der Waals surface area contributed by atoms with Crippen molar-refractivity contribution in [3.63, 3.8) is 0 Å². The van der Waals surface area contributed by atoms with Crippen molar-refractivity contribution in [2.75, 3.05) is 14.1 Å². The van der Waals surface area contributed by atoms with Gasteiger partial charge in [-0.15, -0.1) is 0 Å². The lowest BCUT2D eigenvalue weighted by atomic mass is 9.84. The van der Waals surface area contributed by atoms with Crippen molar-refractivity contribution in [1.82, 2.24) is 15.6 Å². The van der Waals surface area contributed by atoms with Gasteiger partial charge in [-0.25, -0.2) is 0 Å². The summed E-state index contributed by atoms with van der Waals surface area (Å²) in [5.41, 5.74) is 2.03. The lowest BCUT2D eigenvalue weighted by molar-refractivity contribution is -0.132. The Kier molecular flexibility index (Phi) is 7.79. The van der Waals surface area contributed by atoms with Crippen LogP contribution in [0.1, 0.15) is 38.7 Å². The summed E-state index contributed by atoms with van der Waals surface area (Å²) in [6.45, 7) is 4.07. The highest BCUT2D eigenvalue weighted by molar-refractivity contribution is 5.91. The van der Waals surface area contributed by atoms with E-state index in [4.69, 9.17) is 0 Å². The topological polar surface area (TPSA) is 91.1 Å². The Bertz CT molecular complexity index is 825. The maximum absolute atomic E-state index is 13.0. The third-order valence-corrected chi connectivity index (χ3v) is 5.13. The Morgan fingerprint density at radius 3 is 2.36 bits per heavy atom. The van der Waals surface area contributed by atoms with Gasteiger partial charge in [-0.05, 0) is 30.4 Å². The molecule has 152 valence electrons. The minimum atomic E-state index is -0.462. The minimum absolute atomic E-state index is 0.0225. The molecule has 6 heteroatoms. The number of fused-ring (bicyclic) bond motifs is 1. The molecule has 0 aliphatic rings. The maximum Gasteiger partial charge on any atom is 0.223 e. The van der Waals surface area contributed by atoms with Gasteiger partial charge in [0.2, 0.25) is 11.8 Å². The van der Waals surface area contributed by atoms with Gasteiger partial charge in [0.1, 0.15) is 5.78 Å². The lowest BCUT2D eigenvalue weighted by Crippen LogP contribution is -2.33. The van der Waals surface area contributed by atoms with Gasteiger partial charge in [-0.2, -0.15) is 0 Å². The summed E-state index contributed by atoms with van der Waals surface area (Å²) in [6, 6.07) is 7.91. The van der Waals surface area contributed by atoms with Crippen LogP contribution < -0.4 is 10.6 Å². The summed E-state index contributed by atoms with van der Waals surface area (Å²) in [7, 11) is 3.16. The fourth-order valence-electron chi connectivity index (χ4n) is 3.66. The number of amides is 2. The van der Waals surface area contributed by atoms with Gasteiger partial charge in [-0.1, -0.05) is 32.0 Å². The number of carbonyl (C=O) groups excluding carboxylic acids is 3. The van der Waals surface area contributed by atoms with Crippen molar-refractivity contribution in [2.45, 2.75) is 39.5 Å². The van der Waals surface area contributed by atoms with Crippen molar-refractivity contribution in [3.05, 3.63) is 36.0 Å². The Hall–Kier alpha value is -2.63. The Morgan fingerprint density at radius 1 is 1.00 bits per heavy atom. The predicted molar refractivity (Wildman–Crippen MR) is 111 cm³/mol. The van der Waals surface area contributed by atoms with E-state index in [1.807, 2.05) is 44.3 Å². The number of H-pyrrole nitrogens is 1. The van der Waals surface area contributed by atoms with Crippen LogP contribution >= 0.6 is 0 Å². The minimum Gasteiger partial charge on any atom is -0.361 e. The van der Waals surface area contributed by atoms with Crippen molar-refractivity contribution in [3.8, 4) is 0 Å². The highest BCUT2D eigenvalue weighted by Gasteiger charge is 2.28. The quantitative estimate of drug-likeness (QED) is 0.587. The molecule has 1 aromatic carbocycles. The molecule has 0 aliphatic carbocycles. The van der Waals surface area contributed by atoms with Crippen LogP contribution in [0.3, 0.4) is 0 Å². The van der Waals surface area contributed by atoms with E-state index in [1.54, 1.807) is 14.1 Å². The van der Waals surface area contributed by atoms with Gasteiger partial charge in [0.05, 0.1) is 0 Å². The SMILES string of the molecule is CNC(=O)C[C@@H](CC(C)C)C(=O)C[C@@H](Cc1c[nH]c2ccccc12)C(=O)NC. The number of carbonyl (C=O) groups is 3. The van der Waals surface area contributed by atoms with Crippen LogP contribution in [0.5, 0.6) is 0 Å². The summed E-state index contributed by atoms with van der Waals surface area (Å²) in [6.07, 6.45) is 3.32. The van der Waals surface area contributed by atoms with Gasteiger partial charge < -0.3 is 15.6 Å². The molecule has 3 N–H and O–H groups in total. The number of ketones is 1. The van der Waals surface area contributed by atoms with Crippen LogP contribution in [-0.4, -0.2) is 36.7 Å². The summed E-state index contributed by atoms with van der Waals surface area (Å²) >= 11 is 0. The second-order valence-corrected chi connectivity index (χ2v) is 7.75. The van der Waals surface area contributed by atoms with Crippen LogP contribution in [0.2, 0.25) is 0 Å². The zero-order valence-corrected chi connectivity index (χ0v) is 17.2. The molecule has 28 heavy (non-hydrogen) atoms. The lowest BCUT2D eigenvalue weighted by Gasteiger charge is -2.21. The van der Waals surface area contributed by atoms with E-state index in [1.165, 1.54) is 0 Å². The first-order valence-corrected chi connectivity index (χ1v) is 9.85. The molecule has 0 aliphatic heterocycles. The van der Waals surface area contributed by atoms with Gasteiger partial charge in [0, 0.05) is 55.9 Å². The highest BCUT2D eigenvalue weighted by Crippen LogP contribution is 2.25. The van der Waals surface area contributed by atoms with Crippen molar-refractivity contribution >= 4 is 28.5 Å². The summed E-state index contributed by atoms with van der Waals surface area (Å²) in [5.74, 6) is -0.850. The smallest absolute Gasteiger partial charge is 0.223 e. The van der Waals surface area contributed by atoms with E-state index in [0.717, 1.165) is 16.5 Å². The van der Waals surface area contributed by atoms with Gasteiger partial charge in [0.25, 0.3) is 0 Å². The van der Waals surface area contributed by atoms with E-state index < -0.39 is 5.92 Å². The van der Waals surface area contributed by atoms with Gasteiger partial charge in [0.15, 0.2) is 0 Å². The summed E-state index contributed by atoms with van der Waals surface area (Å²) in [4.78, 5) is 40.5. The van der Waals surface area contributed by atoms with Gasteiger partial charge >= 0.3 is 0 Å². The zero-order valence-electron chi connectivity index (χ0n) is 17.2. The number of rotatable bonds is 10. The highest BCUT2D eigenvalue weighted by atomic mass is 16.2. The molecule has 2 rings (SSSR count). The molecule has 0 saturated heterocycles. The van der Waals surface area contributed by atoms with Crippen LogP contribution in [0.15, 0.2) is 30.5 Å². The van der Waals surface area contributed by atoms with E-state index >= 15 is 0 Å². The zero-order chi connectivity index (χ0) is 20.7. The van der Waals surface area contributed by atoms with Crippen molar-refractivity contribution in [1.29, 1.82) is 0 Å². The first-order valence-electron chi connectivity index (χ1n) is 9.85. The summed E-state index contributed by atoms with van der Waals surface area (Å²) < 4.78 is 0. The fraction of sp³-hybridized carbons (Fsp3) is 0.500. The van der Waals surface area contributed by atoms with Crippen LogP contribution in [0, 0.1) is 17.8 Å². The Morgan fingerprint density at radius 2 is 1.71 bits per heavy atom. The normalized spacial score (nSPS) is 13.3. The monoisotopic (exact) mass is 385 g/mol. The van der Waals surface area contributed by atoms with E-state index in [9.17, 15) is 14.4 Å². The number of hydrogen-bond acceptors (Lipinski definition) is 3. The third kappa shape index (κ3) is 5.68. The molecule has 0 bridgehead atoms. The third-order valence-electron chi connectivity index (χ3n) is 5.13. The molecule has 0 spiro atoms. The number of benzene rings is 1. The molecule has 2 amide bonds. The van der Waals surface area contributed by atoms with E-state index in [2.05, 4.69) is 15.6 Å². The average Bonchev–Trinajstić information content (AvgIpc) is 3.08. The molecule has 1 aromatic heterocycles. The molecule has 1 heterocycles. The maximum atomic E-state index is 13.0. The molecule has 2 atom stereocenters. The molecule has 0 radical (unpaired) electrons. The number of aromatic nitrogens is 1. The number of hydrogen-bond donors (Lipinski definition) is 3. The molecule has 0 unspecified atom stereocenters. The van der Waals surface area contributed by atoms with Crippen molar-refractivity contribution in [2.24, 2.45) is 17.8 Å². The first-order chi connectivity index (χ1) is 13.3. The second kappa shape index (κ2) is 10.1. The largest absolute Gasteiger partial charge is 0.361 e. The van der Waals surface area contributed by atoms with E-state index in [-0.39, 0.29) is 36.4 Å². The molecule has 0 saturated carbocycles. The summed E-state index contributed by atoms with van der Waals surface area (Å²) in [5, 5.41) is 6.34. The van der Waals surface area contributed by atoms with Crippen LogP contribution in [-0.2, 0) is 20.8 Å². The standard InChI is InChI=1S/C22H31N3O3/c1-14(2)9-15(12-21(27)23-3)20(26)11-16(22(28)24-4)10-17-13-25-19-8-6-5-7-18(17)19/h5-8,13-16,25H,9-12H2,1-4H3,(H,23,27)(H,24,28)/t15-,16-/m1/s1. The molecule has 6 nitrogen and oxygen atoms in total. The van der Waals surface area contributed by atoms with Crippen molar-refractivity contribution < 1.29 is 14.4 Å². The Labute approximate surface area is 166 Å². The number of Topliss-reactive ketones (excluding diaryl/α,β-unsaturated/α-hetero) is 1. The molecular weight excluding hydrogens is 354 g/mol. The predicted octanol–water partition coefficient (Wildman–Crippen LogP) is 2.83. The number of para-hydroxylation sites is 1. The fourth-order valence-corrected chi connectivity index (χ4v) is 3.66. The number of aromatic amines is 1. The Balaban J connectivity index is 2.18. The number of nitrogens with one attached hydrogen (secondary N) is 3. The first kappa shape index (κ1) is 21.7. The average molecular weight is 386 g/mol. The molecular formula is C22H31N3O3. The van der Waals surface area contributed by atoms with Crippen LogP contribution in [0.4, 0.5) is 0 Å². The van der Waals surface area contributed by atoms with Crippen LogP contribution in [0.25, 0.3) is 10.9 Å². The molecule has 0 fully saturated rings. The van der Waals surface area contributed by atoms with Gasteiger partial charge in [-0.3, -0.25) is 14.4 Å². The van der Waals surface area contributed by atoms with E-state index in [0.29, 0.717) is 18.8 Å². The second-order valence-electron chi connectivity index (χ2n) is 7.75.